The van der Waals surface area contributed by atoms with Crippen molar-refractivity contribution in [3.8, 4) is 16.9 Å². The minimum absolute atomic E-state index is 0.0857. The van der Waals surface area contributed by atoms with Gasteiger partial charge in [-0.3, -0.25) is 4.79 Å². The van der Waals surface area contributed by atoms with Crippen molar-refractivity contribution in [2.45, 2.75) is 26.7 Å². The molecule has 24 heavy (non-hydrogen) atoms. The number of halogens is 1. The minimum atomic E-state index is -0.0857. The Labute approximate surface area is 149 Å². The molecule has 1 N–H and O–H groups in total. The van der Waals surface area contributed by atoms with Crippen LogP contribution in [0.3, 0.4) is 0 Å². The molecule has 2 aromatic heterocycles. The minimum Gasteiger partial charge on any atom is -0.496 e. The lowest BCUT2D eigenvalue weighted by Gasteiger charge is -2.08. The topological polar surface area (TPSA) is 55.0 Å². The maximum atomic E-state index is 12.6. The Morgan fingerprint density at radius 3 is 2.79 bits per heavy atom. The van der Waals surface area contributed by atoms with Gasteiger partial charge in [0.1, 0.15) is 16.4 Å². The third-order valence-electron chi connectivity index (χ3n) is 4.02. The van der Waals surface area contributed by atoms with E-state index in [1.165, 1.54) is 0 Å². The first-order chi connectivity index (χ1) is 11.5. The third kappa shape index (κ3) is 3.06. The lowest BCUT2D eigenvalue weighted by Crippen LogP contribution is -2.11. The van der Waals surface area contributed by atoms with Crippen molar-refractivity contribution in [1.29, 1.82) is 0 Å². The van der Waals surface area contributed by atoms with Crippen molar-refractivity contribution in [3.05, 3.63) is 44.8 Å². The second-order valence-electron chi connectivity index (χ2n) is 5.70. The van der Waals surface area contributed by atoms with Crippen LogP contribution < -0.4 is 10.3 Å². The average Bonchev–Trinajstić information content (AvgIpc) is 2.89. The predicted octanol–water partition coefficient (Wildman–Crippen LogP) is 4.45. The van der Waals surface area contributed by atoms with Crippen LogP contribution in [-0.4, -0.2) is 23.0 Å². The molecule has 6 heteroatoms. The Balaban J connectivity index is 2.17. The number of alkyl halides is 1. The summed E-state index contributed by atoms with van der Waals surface area (Å²) in [5.41, 5.74) is 2.92. The van der Waals surface area contributed by atoms with Crippen LogP contribution in [0.2, 0.25) is 0 Å². The van der Waals surface area contributed by atoms with Crippen LogP contribution in [0.5, 0.6) is 5.75 Å². The second kappa shape index (κ2) is 6.95. The number of aromatic amines is 1. The van der Waals surface area contributed by atoms with Crippen LogP contribution >= 0.6 is 22.9 Å². The second-order valence-corrected chi connectivity index (χ2v) is 7.28. The molecular weight excluding hydrogens is 344 g/mol. The first-order valence-corrected chi connectivity index (χ1v) is 9.13. The molecule has 0 amide bonds. The van der Waals surface area contributed by atoms with Gasteiger partial charge in [0.15, 0.2) is 0 Å². The maximum absolute atomic E-state index is 12.6. The number of nitrogens with one attached hydrogen (secondary N) is 1. The number of H-pyrrole nitrogens is 1. The van der Waals surface area contributed by atoms with Crippen LogP contribution in [0, 0.1) is 13.8 Å². The third-order valence-corrected chi connectivity index (χ3v) is 5.28. The summed E-state index contributed by atoms with van der Waals surface area (Å²) in [6.45, 7) is 4.03. The highest BCUT2D eigenvalue weighted by molar-refractivity contribution is 7.19. The Morgan fingerprint density at radius 2 is 2.12 bits per heavy atom. The summed E-state index contributed by atoms with van der Waals surface area (Å²) in [6.07, 6.45) is 1.48. The van der Waals surface area contributed by atoms with E-state index in [0.29, 0.717) is 23.5 Å². The van der Waals surface area contributed by atoms with E-state index in [2.05, 4.69) is 9.97 Å². The highest BCUT2D eigenvalue weighted by Gasteiger charge is 2.17. The van der Waals surface area contributed by atoms with E-state index in [1.807, 2.05) is 32.0 Å². The summed E-state index contributed by atoms with van der Waals surface area (Å²) >= 11 is 7.29. The molecule has 0 spiro atoms. The number of rotatable bonds is 5. The number of aryl methyl sites for hydroxylation is 3. The molecule has 0 saturated heterocycles. The zero-order valence-corrected chi connectivity index (χ0v) is 15.5. The van der Waals surface area contributed by atoms with Crippen molar-refractivity contribution in [2.75, 3.05) is 13.0 Å². The molecule has 0 fully saturated rings. The maximum Gasteiger partial charge on any atom is 0.260 e. The average molecular weight is 363 g/mol. The molecule has 0 atom stereocenters. The zero-order valence-electron chi connectivity index (χ0n) is 13.9. The Kier molecular flexibility index (Phi) is 4.92. The number of fused-ring (bicyclic) bond motifs is 1. The molecule has 2 heterocycles. The zero-order chi connectivity index (χ0) is 17.3. The molecule has 3 aromatic rings. The molecular formula is C18H19ClN2O2S. The molecule has 0 radical (unpaired) electrons. The highest BCUT2D eigenvalue weighted by Crippen LogP contribution is 2.37. The van der Waals surface area contributed by atoms with Crippen LogP contribution in [0.25, 0.3) is 21.3 Å². The lowest BCUT2D eigenvalue weighted by atomic mass is 10.0. The first kappa shape index (κ1) is 17.0. The largest absolute Gasteiger partial charge is 0.496 e. The predicted molar refractivity (Wildman–Crippen MR) is 101 cm³/mol. The standard InChI is InChI=1S/C18H19ClN2O2S/c1-10-9-12(6-7-13(10)23-3)15-11(2)24-18-16(15)17(22)20-14(21-18)5-4-8-19/h6-7,9H,4-5,8H2,1-3H3,(H,20,21,22). The molecule has 3 rings (SSSR count). The fraction of sp³-hybridized carbons (Fsp3) is 0.333. The van der Waals surface area contributed by atoms with E-state index in [-0.39, 0.29) is 5.56 Å². The van der Waals surface area contributed by atoms with Crippen LogP contribution in [0.15, 0.2) is 23.0 Å². The van der Waals surface area contributed by atoms with Gasteiger partial charge in [0.05, 0.1) is 12.5 Å². The molecule has 0 bridgehead atoms. The lowest BCUT2D eigenvalue weighted by molar-refractivity contribution is 0.412. The molecule has 0 aliphatic carbocycles. The highest BCUT2D eigenvalue weighted by atomic mass is 35.5. The fourth-order valence-corrected chi connectivity index (χ4v) is 4.10. The van der Waals surface area contributed by atoms with Crippen molar-refractivity contribution in [2.24, 2.45) is 0 Å². The van der Waals surface area contributed by atoms with Crippen molar-refractivity contribution >= 4 is 33.2 Å². The van der Waals surface area contributed by atoms with E-state index >= 15 is 0 Å². The number of benzene rings is 1. The van der Waals surface area contributed by atoms with Gasteiger partial charge >= 0.3 is 0 Å². The van der Waals surface area contributed by atoms with Gasteiger partial charge in [-0.25, -0.2) is 4.98 Å². The monoisotopic (exact) mass is 362 g/mol. The Morgan fingerprint density at radius 1 is 1.33 bits per heavy atom. The van der Waals surface area contributed by atoms with Crippen LogP contribution in [0.1, 0.15) is 22.7 Å². The van der Waals surface area contributed by atoms with Crippen LogP contribution in [0.4, 0.5) is 0 Å². The molecule has 0 aliphatic heterocycles. The molecule has 0 aliphatic rings. The fourth-order valence-electron chi connectivity index (χ4n) is 2.90. The van der Waals surface area contributed by atoms with Gasteiger partial charge < -0.3 is 9.72 Å². The molecule has 0 unspecified atom stereocenters. The summed E-state index contributed by atoms with van der Waals surface area (Å²) < 4.78 is 5.32. The number of hydrogen-bond acceptors (Lipinski definition) is 4. The molecule has 126 valence electrons. The first-order valence-electron chi connectivity index (χ1n) is 7.78. The van der Waals surface area contributed by atoms with E-state index < -0.39 is 0 Å². The SMILES string of the molecule is COc1ccc(-c2c(C)sc3nc(CCCCl)[nH]c(=O)c23)cc1C. The van der Waals surface area contributed by atoms with E-state index in [9.17, 15) is 4.79 Å². The van der Waals surface area contributed by atoms with Gasteiger partial charge in [0.25, 0.3) is 5.56 Å². The van der Waals surface area contributed by atoms with Crippen molar-refractivity contribution in [3.63, 3.8) is 0 Å². The summed E-state index contributed by atoms with van der Waals surface area (Å²) in [6, 6.07) is 5.97. The number of ether oxygens (including phenoxy) is 1. The number of thiophene rings is 1. The van der Waals surface area contributed by atoms with E-state index in [1.54, 1.807) is 18.4 Å². The molecule has 4 nitrogen and oxygen atoms in total. The quantitative estimate of drug-likeness (QED) is 0.682. The van der Waals surface area contributed by atoms with Crippen molar-refractivity contribution in [1.82, 2.24) is 9.97 Å². The number of nitrogens with zero attached hydrogens (tertiary/aromatic N) is 1. The normalized spacial score (nSPS) is 11.2. The van der Waals surface area contributed by atoms with Crippen molar-refractivity contribution < 1.29 is 4.74 Å². The molecule has 0 saturated carbocycles. The number of aromatic nitrogens is 2. The Hall–Kier alpha value is -1.85. The smallest absolute Gasteiger partial charge is 0.260 e. The summed E-state index contributed by atoms with van der Waals surface area (Å²) in [4.78, 5) is 22.0. The Bertz CT molecular complexity index is 946. The summed E-state index contributed by atoms with van der Waals surface area (Å²) in [5, 5.41) is 0.664. The number of hydrogen-bond donors (Lipinski definition) is 1. The van der Waals surface area contributed by atoms with Gasteiger partial charge in [0.2, 0.25) is 0 Å². The van der Waals surface area contributed by atoms with Gasteiger partial charge in [0, 0.05) is 22.7 Å². The van der Waals surface area contributed by atoms with Gasteiger partial charge in [-0.2, -0.15) is 0 Å². The number of methoxy groups -OCH3 is 1. The summed E-state index contributed by atoms with van der Waals surface area (Å²) in [5.74, 6) is 2.10. The summed E-state index contributed by atoms with van der Waals surface area (Å²) in [7, 11) is 1.66. The van der Waals surface area contributed by atoms with Gasteiger partial charge in [-0.1, -0.05) is 6.07 Å². The van der Waals surface area contributed by atoms with Crippen LogP contribution in [-0.2, 0) is 6.42 Å². The van der Waals surface area contributed by atoms with Gasteiger partial charge in [-0.15, -0.1) is 22.9 Å². The van der Waals surface area contributed by atoms with E-state index in [0.717, 1.165) is 38.6 Å². The van der Waals surface area contributed by atoms with Gasteiger partial charge in [-0.05, 0) is 43.5 Å². The van der Waals surface area contributed by atoms with E-state index in [4.69, 9.17) is 16.3 Å². The molecule has 1 aromatic carbocycles.